The van der Waals surface area contributed by atoms with Crippen molar-refractivity contribution in [2.75, 3.05) is 13.1 Å². The van der Waals surface area contributed by atoms with Crippen LogP contribution in [-0.2, 0) is 9.59 Å². The summed E-state index contributed by atoms with van der Waals surface area (Å²) in [5.74, 6) is -1.12. The monoisotopic (exact) mass is 242 g/mol. The third-order valence-corrected chi connectivity index (χ3v) is 3.89. The minimum Gasteiger partial charge on any atom is -0.481 e. The standard InChI is InChI=1S/C12H22N2O3/c1-3-9(10(13)15)14-7-5-6-12(4-2,8-14)11(16)17/h9H,3-8H2,1-2H3,(H2,13,15)(H,16,17). The Morgan fingerprint density at radius 2 is 2.12 bits per heavy atom. The van der Waals surface area contributed by atoms with Gasteiger partial charge >= 0.3 is 5.97 Å². The molecular weight excluding hydrogens is 220 g/mol. The number of carboxylic acids is 1. The van der Waals surface area contributed by atoms with E-state index in [2.05, 4.69) is 0 Å². The van der Waals surface area contributed by atoms with E-state index in [-0.39, 0.29) is 11.9 Å². The molecule has 0 bridgehead atoms. The first-order chi connectivity index (χ1) is 7.96. The minimum atomic E-state index is -0.760. The van der Waals surface area contributed by atoms with Gasteiger partial charge in [-0.15, -0.1) is 0 Å². The van der Waals surface area contributed by atoms with Crippen molar-refractivity contribution in [3.05, 3.63) is 0 Å². The first-order valence-electron chi connectivity index (χ1n) is 6.23. The summed E-state index contributed by atoms with van der Waals surface area (Å²) >= 11 is 0. The van der Waals surface area contributed by atoms with Crippen LogP contribution in [0.25, 0.3) is 0 Å². The molecule has 5 nitrogen and oxygen atoms in total. The van der Waals surface area contributed by atoms with E-state index in [9.17, 15) is 14.7 Å². The Morgan fingerprint density at radius 3 is 2.53 bits per heavy atom. The van der Waals surface area contributed by atoms with Crippen LogP contribution in [0.2, 0.25) is 0 Å². The minimum absolute atomic E-state index is 0.333. The number of nitrogens with zero attached hydrogens (tertiary/aromatic N) is 1. The molecule has 1 aliphatic rings. The maximum atomic E-state index is 11.4. The molecule has 0 aromatic heterocycles. The van der Waals surface area contributed by atoms with Gasteiger partial charge in [0.25, 0.3) is 0 Å². The highest BCUT2D eigenvalue weighted by Crippen LogP contribution is 2.34. The zero-order valence-corrected chi connectivity index (χ0v) is 10.6. The van der Waals surface area contributed by atoms with E-state index in [0.29, 0.717) is 25.8 Å². The molecule has 17 heavy (non-hydrogen) atoms. The van der Waals surface area contributed by atoms with Gasteiger partial charge in [-0.2, -0.15) is 0 Å². The topological polar surface area (TPSA) is 83.6 Å². The van der Waals surface area contributed by atoms with E-state index in [1.807, 2.05) is 18.7 Å². The average Bonchev–Trinajstić information content (AvgIpc) is 2.29. The Balaban J connectivity index is 2.84. The Hall–Kier alpha value is -1.10. The van der Waals surface area contributed by atoms with Crippen LogP contribution in [-0.4, -0.2) is 41.0 Å². The molecule has 1 fully saturated rings. The molecule has 3 N–H and O–H groups in total. The summed E-state index contributed by atoms with van der Waals surface area (Å²) in [6.45, 7) is 4.98. The zero-order valence-electron chi connectivity index (χ0n) is 10.6. The van der Waals surface area contributed by atoms with Gasteiger partial charge in [-0.3, -0.25) is 14.5 Å². The highest BCUT2D eigenvalue weighted by molar-refractivity contribution is 5.80. The molecule has 0 radical (unpaired) electrons. The molecule has 0 aromatic rings. The zero-order chi connectivity index (χ0) is 13.1. The Labute approximate surface area is 102 Å². The quantitative estimate of drug-likeness (QED) is 0.748. The van der Waals surface area contributed by atoms with Crippen molar-refractivity contribution < 1.29 is 14.7 Å². The number of carbonyl (C=O) groups is 2. The number of aliphatic carboxylic acids is 1. The van der Waals surface area contributed by atoms with Crippen LogP contribution in [0.15, 0.2) is 0 Å². The number of carbonyl (C=O) groups excluding carboxylic acids is 1. The summed E-state index contributed by atoms with van der Waals surface area (Å²) in [6.07, 6.45) is 2.72. The van der Waals surface area contributed by atoms with E-state index in [4.69, 9.17) is 5.73 Å². The number of likely N-dealkylation sites (tertiary alicyclic amines) is 1. The van der Waals surface area contributed by atoms with Crippen molar-refractivity contribution >= 4 is 11.9 Å². The second-order valence-electron chi connectivity index (χ2n) is 4.84. The molecule has 1 amide bonds. The predicted molar refractivity (Wildman–Crippen MR) is 64.4 cm³/mol. The van der Waals surface area contributed by atoms with Crippen LogP contribution in [0.3, 0.4) is 0 Å². The van der Waals surface area contributed by atoms with Crippen LogP contribution >= 0.6 is 0 Å². The highest BCUT2D eigenvalue weighted by atomic mass is 16.4. The van der Waals surface area contributed by atoms with Gasteiger partial charge in [0.2, 0.25) is 5.91 Å². The van der Waals surface area contributed by atoms with Gasteiger partial charge in [-0.25, -0.2) is 0 Å². The molecule has 1 aliphatic heterocycles. The van der Waals surface area contributed by atoms with E-state index in [1.54, 1.807) is 0 Å². The van der Waals surface area contributed by atoms with Gasteiger partial charge in [0.1, 0.15) is 0 Å². The highest BCUT2D eigenvalue weighted by Gasteiger charge is 2.42. The summed E-state index contributed by atoms with van der Waals surface area (Å²) in [7, 11) is 0. The largest absolute Gasteiger partial charge is 0.481 e. The molecule has 98 valence electrons. The molecule has 5 heteroatoms. The lowest BCUT2D eigenvalue weighted by molar-refractivity contribution is -0.154. The maximum absolute atomic E-state index is 11.4. The fraction of sp³-hybridized carbons (Fsp3) is 0.833. The number of carboxylic acid groups (broad SMARTS) is 1. The maximum Gasteiger partial charge on any atom is 0.310 e. The van der Waals surface area contributed by atoms with Crippen molar-refractivity contribution in [2.24, 2.45) is 11.1 Å². The normalized spacial score (nSPS) is 27.6. The number of primary amides is 1. The van der Waals surface area contributed by atoms with Gasteiger partial charge in [0, 0.05) is 6.54 Å². The average molecular weight is 242 g/mol. The Bertz CT molecular complexity index is 306. The number of hydrogen-bond donors (Lipinski definition) is 2. The number of rotatable bonds is 5. The molecule has 1 rings (SSSR count). The molecule has 0 aliphatic carbocycles. The summed E-state index contributed by atoms with van der Waals surface area (Å²) in [5, 5.41) is 9.36. The summed E-state index contributed by atoms with van der Waals surface area (Å²) in [6, 6.07) is -0.333. The van der Waals surface area contributed by atoms with Gasteiger partial charge in [-0.1, -0.05) is 13.8 Å². The number of amides is 1. The van der Waals surface area contributed by atoms with E-state index >= 15 is 0 Å². The second kappa shape index (κ2) is 5.49. The number of nitrogens with two attached hydrogens (primary N) is 1. The lowest BCUT2D eigenvalue weighted by atomic mass is 9.77. The molecule has 0 aromatic carbocycles. The van der Waals surface area contributed by atoms with Crippen molar-refractivity contribution in [1.82, 2.24) is 4.90 Å². The van der Waals surface area contributed by atoms with Gasteiger partial charge in [0.05, 0.1) is 11.5 Å². The third-order valence-electron chi connectivity index (χ3n) is 3.89. The first kappa shape index (κ1) is 14.0. The third kappa shape index (κ3) is 2.77. The van der Waals surface area contributed by atoms with Gasteiger partial charge in [-0.05, 0) is 32.2 Å². The molecule has 0 spiro atoms. The SMILES string of the molecule is CCC(C(N)=O)N1CCCC(CC)(C(=O)O)C1. The fourth-order valence-corrected chi connectivity index (χ4v) is 2.69. The van der Waals surface area contributed by atoms with Gasteiger partial charge in [0.15, 0.2) is 0 Å². The first-order valence-corrected chi connectivity index (χ1v) is 6.23. The van der Waals surface area contributed by atoms with Crippen LogP contribution in [0.5, 0.6) is 0 Å². The second-order valence-corrected chi connectivity index (χ2v) is 4.84. The molecular formula is C12H22N2O3. The number of hydrogen-bond acceptors (Lipinski definition) is 3. The smallest absolute Gasteiger partial charge is 0.310 e. The van der Waals surface area contributed by atoms with Crippen molar-refractivity contribution in [3.63, 3.8) is 0 Å². The molecule has 1 saturated heterocycles. The Morgan fingerprint density at radius 1 is 1.47 bits per heavy atom. The van der Waals surface area contributed by atoms with Gasteiger partial charge < -0.3 is 10.8 Å². The van der Waals surface area contributed by atoms with E-state index in [1.165, 1.54) is 0 Å². The predicted octanol–water partition coefficient (Wildman–Crippen LogP) is 0.827. The fourth-order valence-electron chi connectivity index (χ4n) is 2.69. The lowest BCUT2D eigenvalue weighted by Gasteiger charge is -2.42. The van der Waals surface area contributed by atoms with Crippen molar-refractivity contribution in [3.8, 4) is 0 Å². The van der Waals surface area contributed by atoms with E-state index in [0.717, 1.165) is 13.0 Å². The summed E-state index contributed by atoms with van der Waals surface area (Å²) < 4.78 is 0. The molecule has 2 atom stereocenters. The van der Waals surface area contributed by atoms with Crippen LogP contribution in [0, 0.1) is 5.41 Å². The molecule has 1 heterocycles. The summed E-state index contributed by atoms with van der Waals surface area (Å²) in [4.78, 5) is 24.7. The van der Waals surface area contributed by atoms with Crippen LogP contribution in [0.1, 0.15) is 39.5 Å². The molecule has 2 unspecified atom stereocenters. The van der Waals surface area contributed by atoms with Crippen molar-refractivity contribution in [1.29, 1.82) is 0 Å². The lowest BCUT2D eigenvalue weighted by Crippen LogP contribution is -2.54. The number of piperidine rings is 1. The van der Waals surface area contributed by atoms with E-state index < -0.39 is 11.4 Å². The van der Waals surface area contributed by atoms with Crippen LogP contribution in [0.4, 0.5) is 0 Å². The van der Waals surface area contributed by atoms with Crippen molar-refractivity contribution in [2.45, 2.75) is 45.6 Å². The summed E-state index contributed by atoms with van der Waals surface area (Å²) in [5.41, 5.74) is 4.65. The molecule has 0 saturated carbocycles. The Kier molecular flexibility index (Phi) is 4.51. The van der Waals surface area contributed by atoms with Crippen LogP contribution < -0.4 is 5.73 Å².